The summed E-state index contributed by atoms with van der Waals surface area (Å²) in [6.07, 6.45) is -2.84. The Morgan fingerprint density at radius 2 is 1.96 bits per heavy atom. The van der Waals surface area contributed by atoms with Crippen LogP contribution in [0, 0.1) is 0 Å². The molecule has 1 unspecified atom stereocenters. The van der Waals surface area contributed by atoms with Gasteiger partial charge in [0.2, 0.25) is 5.91 Å². The molecule has 1 amide bonds. The second-order valence-electron chi connectivity index (χ2n) is 6.49. The molecular weight excluding hydrogens is 486 g/mol. The van der Waals surface area contributed by atoms with Gasteiger partial charge in [-0.3, -0.25) is 14.7 Å². The number of hydrogen-bond donors (Lipinski definition) is 3. The second kappa shape index (κ2) is 12.1. The number of carbonyl (C=O) groups excluding carboxylic acids is 1. The number of halogens is 4. The molecule has 0 aliphatic carbocycles. The van der Waals surface area contributed by atoms with E-state index >= 15 is 0 Å². The van der Waals surface area contributed by atoms with Crippen LogP contribution in [-0.4, -0.2) is 68.8 Å². The van der Waals surface area contributed by atoms with Crippen molar-refractivity contribution in [1.82, 2.24) is 20.9 Å². The molecule has 158 valence electrons. The van der Waals surface area contributed by atoms with Gasteiger partial charge in [-0.15, -0.1) is 24.0 Å². The number of hydrogen-bond acceptors (Lipinski definition) is 3. The predicted molar refractivity (Wildman–Crippen MR) is 114 cm³/mol. The van der Waals surface area contributed by atoms with Crippen molar-refractivity contribution in [1.29, 1.82) is 0 Å². The molecule has 0 bridgehead atoms. The summed E-state index contributed by atoms with van der Waals surface area (Å²) in [7, 11) is 1.56. The van der Waals surface area contributed by atoms with E-state index in [2.05, 4.69) is 20.9 Å². The van der Waals surface area contributed by atoms with Crippen LogP contribution in [0.3, 0.4) is 0 Å². The van der Waals surface area contributed by atoms with Crippen molar-refractivity contribution in [3.63, 3.8) is 0 Å². The van der Waals surface area contributed by atoms with Crippen molar-refractivity contribution in [3.8, 4) is 0 Å². The number of alkyl halides is 3. The van der Waals surface area contributed by atoms with Gasteiger partial charge in [0.15, 0.2) is 5.96 Å². The topological polar surface area (TPSA) is 68.8 Å². The highest BCUT2D eigenvalue weighted by Crippen LogP contribution is 2.19. The minimum absolute atomic E-state index is 0. The summed E-state index contributed by atoms with van der Waals surface area (Å²) in [6.45, 7) is 0.359. The number of nitrogens with zero attached hydrogens (tertiary/aromatic N) is 2. The Morgan fingerprint density at radius 1 is 1.25 bits per heavy atom. The van der Waals surface area contributed by atoms with Crippen molar-refractivity contribution in [3.05, 3.63) is 35.9 Å². The number of rotatable bonds is 7. The van der Waals surface area contributed by atoms with Gasteiger partial charge in [-0.25, -0.2) is 0 Å². The molecule has 1 fully saturated rings. The molecule has 1 aliphatic rings. The Hall–Kier alpha value is -1.56. The van der Waals surface area contributed by atoms with Crippen LogP contribution >= 0.6 is 24.0 Å². The summed E-state index contributed by atoms with van der Waals surface area (Å²) < 4.78 is 37.3. The van der Waals surface area contributed by atoms with E-state index in [-0.39, 0.29) is 42.5 Å². The summed E-state index contributed by atoms with van der Waals surface area (Å²) in [5, 5.41) is 8.78. The first kappa shape index (κ1) is 24.5. The van der Waals surface area contributed by atoms with Crippen molar-refractivity contribution < 1.29 is 18.0 Å². The first-order valence-corrected chi connectivity index (χ1v) is 8.92. The first-order chi connectivity index (χ1) is 12.9. The molecule has 1 aliphatic heterocycles. The quantitative estimate of drug-likeness (QED) is 0.296. The molecule has 1 atom stereocenters. The predicted octanol–water partition coefficient (Wildman–Crippen LogP) is 1.76. The van der Waals surface area contributed by atoms with Crippen LogP contribution in [0.1, 0.15) is 12.0 Å². The fourth-order valence-electron chi connectivity index (χ4n) is 2.95. The molecule has 3 N–H and O–H groups in total. The van der Waals surface area contributed by atoms with Crippen LogP contribution in [0.2, 0.25) is 0 Å². The number of carbonyl (C=O) groups is 1. The van der Waals surface area contributed by atoms with Gasteiger partial charge in [-0.05, 0) is 18.4 Å². The van der Waals surface area contributed by atoms with Gasteiger partial charge < -0.3 is 16.0 Å². The maximum Gasteiger partial charge on any atom is 0.401 e. The Balaban J connectivity index is 0.00000392. The molecule has 10 heteroatoms. The summed E-state index contributed by atoms with van der Waals surface area (Å²) in [5.74, 6) is 0.242. The standard InChI is InChI=1S/C18H26F3N5O.HI/c1-22-17(25-15-8-10-26(12-15)13-18(19,20)21)24-11-16(27)23-9-7-14-5-3-2-4-6-14;/h2-6,15H,7-13H2,1H3,(H,23,27)(H2,22,24,25);1H. The van der Waals surface area contributed by atoms with E-state index in [1.54, 1.807) is 7.05 Å². The summed E-state index contributed by atoms with van der Waals surface area (Å²) in [5.41, 5.74) is 1.15. The van der Waals surface area contributed by atoms with Gasteiger partial charge in [0.25, 0.3) is 0 Å². The lowest BCUT2D eigenvalue weighted by Gasteiger charge is -2.19. The number of aliphatic imine (C=N–C) groups is 1. The molecule has 6 nitrogen and oxygen atoms in total. The number of nitrogens with one attached hydrogen (secondary N) is 3. The highest BCUT2D eigenvalue weighted by molar-refractivity contribution is 14.0. The lowest BCUT2D eigenvalue weighted by molar-refractivity contribution is -0.143. The summed E-state index contributed by atoms with van der Waals surface area (Å²) in [4.78, 5) is 17.3. The lowest BCUT2D eigenvalue weighted by atomic mass is 10.1. The van der Waals surface area contributed by atoms with Crippen LogP contribution in [0.4, 0.5) is 13.2 Å². The lowest BCUT2D eigenvalue weighted by Crippen LogP contribution is -2.48. The van der Waals surface area contributed by atoms with E-state index in [0.717, 1.165) is 12.0 Å². The minimum atomic E-state index is -4.19. The average molecular weight is 513 g/mol. The molecule has 0 saturated carbocycles. The third kappa shape index (κ3) is 9.58. The van der Waals surface area contributed by atoms with Crippen molar-refractivity contribution in [2.45, 2.75) is 25.1 Å². The van der Waals surface area contributed by atoms with Crippen molar-refractivity contribution >= 4 is 35.8 Å². The van der Waals surface area contributed by atoms with Gasteiger partial charge in [0.05, 0.1) is 13.1 Å². The SMILES string of the molecule is CN=C(NCC(=O)NCCc1ccccc1)NC1CCN(CC(F)(F)F)C1.I. The minimum Gasteiger partial charge on any atom is -0.354 e. The van der Waals surface area contributed by atoms with Gasteiger partial charge in [0, 0.05) is 32.7 Å². The van der Waals surface area contributed by atoms with Crippen LogP contribution in [-0.2, 0) is 11.2 Å². The zero-order chi connectivity index (χ0) is 19.7. The van der Waals surface area contributed by atoms with E-state index < -0.39 is 12.7 Å². The van der Waals surface area contributed by atoms with E-state index in [4.69, 9.17) is 0 Å². The highest BCUT2D eigenvalue weighted by atomic mass is 127. The molecule has 0 spiro atoms. The molecule has 2 rings (SSSR count). The molecular formula is C18H27F3IN5O. The van der Waals surface area contributed by atoms with Gasteiger partial charge in [-0.2, -0.15) is 13.2 Å². The van der Waals surface area contributed by atoms with E-state index in [1.807, 2.05) is 30.3 Å². The largest absolute Gasteiger partial charge is 0.401 e. The molecule has 1 heterocycles. The molecule has 0 radical (unpaired) electrons. The maximum atomic E-state index is 12.4. The Kier molecular flexibility index (Phi) is 10.6. The average Bonchev–Trinajstić information content (AvgIpc) is 3.04. The Morgan fingerprint density at radius 3 is 2.61 bits per heavy atom. The normalized spacial score (nSPS) is 17.7. The molecule has 28 heavy (non-hydrogen) atoms. The fraction of sp³-hybridized carbons (Fsp3) is 0.556. The zero-order valence-corrected chi connectivity index (χ0v) is 18.1. The van der Waals surface area contributed by atoms with Gasteiger partial charge in [0.1, 0.15) is 0 Å². The summed E-state index contributed by atoms with van der Waals surface area (Å²) in [6, 6.07) is 9.72. The van der Waals surface area contributed by atoms with Gasteiger partial charge in [-0.1, -0.05) is 30.3 Å². The fourth-order valence-corrected chi connectivity index (χ4v) is 2.95. The third-order valence-electron chi connectivity index (χ3n) is 4.23. The second-order valence-corrected chi connectivity index (χ2v) is 6.49. The van der Waals surface area contributed by atoms with E-state index in [0.29, 0.717) is 32.0 Å². The maximum absolute atomic E-state index is 12.4. The molecule has 1 aromatic carbocycles. The van der Waals surface area contributed by atoms with Crippen molar-refractivity contribution in [2.75, 3.05) is 39.8 Å². The number of amides is 1. The summed E-state index contributed by atoms with van der Waals surface area (Å²) >= 11 is 0. The highest BCUT2D eigenvalue weighted by Gasteiger charge is 2.34. The Bertz CT molecular complexity index is 627. The number of benzene rings is 1. The first-order valence-electron chi connectivity index (χ1n) is 8.92. The number of likely N-dealkylation sites (tertiary alicyclic amines) is 1. The monoisotopic (exact) mass is 513 g/mol. The van der Waals surface area contributed by atoms with Crippen LogP contribution in [0.15, 0.2) is 35.3 Å². The van der Waals surface area contributed by atoms with Crippen LogP contribution < -0.4 is 16.0 Å². The van der Waals surface area contributed by atoms with Crippen molar-refractivity contribution in [2.24, 2.45) is 4.99 Å². The van der Waals surface area contributed by atoms with E-state index in [9.17, 15) is 18.0 Å². The van der Waals surface area contributed by atoms with Crippen LogP contribution in [0.5, 0.6) is 0 Å². The smallest absolute Gasteiger partial charge is 0.354 e. The van der Waals surface area contributed by atoms with Crippen LogP contribution in [0.25, 0.3) is 0 Å². The van der Waals surface area contributed by atoms with Gasteiger partial charge >= 0.3 is 6.18 Å². The Labute approximate surface area is 180 Å². The molecule has 1 saturated heterocycles. The molecule has 1 aromatic rings. The van der Waals surface area contributed by atoms with E-state index in [1.165, 1.54) is 4.90 Å². The zero-order valence-electron chi connectivity index (χ0n) is 15.8. The number of guanidine groups is 1. The molecule has 0 aromatic heterocycles. The third-order valence-corrected chi connectivity index (χ3v) is 4.23.